The number of likely N-dealkylation sites (tertiary alicyclic amines) is 1. The molecule has 6 heteroatoms. The summed E-state index contributed by atoms with van der Waals surface area (Å²) in [5, 5.41) is 10.9. The van der Waals surface area contributed by atoms with E-state index >= 15 is 0 Å². The second-order valence-corrected chi connectivity index (χ2v) is 6.42. The highest BCUT2D eigenvalue weighted by Crippen LogP contribution is 2.27. The molecule has 1 amide bonds. The van der Waals surface area contributed by atoms with Gasteiger partial charge in [0.05, 0.1) is 5.92 Å². The van der Waals surface area contributed by atoms with E-state index in [9.17, 15) is 9.59 Å². The summed E-state index contributed by atoms with van der Waals surface area (Å²) in [5.41, 5.74) is 1.13. The van der Waals surface area contributed by atoms with Crippen LogP contribution in [0.15, 0.2) is 5.38 Å². The number of nitrogens with zero attached hydrogens (tertiary/aromatic N) is 1. The number of hydrogen-bond donors (Lipinski definition) is 1. The van der Waals surface area contributed by atoms with Crippen molar-refractivity contribution in [2.75, 3.05) is 13.1 Å². The van der Waals surface area contributed by atoms with Gasteiger partial charge in [-0.2, -0.15) is 0 Å². The Balaban J connectivity index is 2.04. The monoisotopic (exact) mass is 379 g/mol. The summed E-state index contributed by atoms with van der Waals surface area (Å²) in [4.78, 5) is 25.7. The van der Waals surface area contributed by atoms with E-state index in [4.69, 9.17) is 5.11 Å². The molecule has 1 fully saturated rings. The maximum Gasteiger partial charge on any atom is 0.306 e. The minimum Gasteiger partial charge on any atom is -0.481 e. The lowest BCUT2D eigenvalue weighted by Gasteiger charge is -2.29. The van der Waals surface area contributed by atoms with Crippen LogP contribution in [-0.2, 0) is 4.79 Å². The molecule has 0 aliphatic carbocycles. The summed E-state index contributed by atoms with van der Waals surface area (Å²) in [6, 6.07) is 0. The Kier molecular flexibility index (Phi) is 4.26. The summed E-state index contributed by atoms with van der Waals surface area (Å²) in [6.07, 6.45) is 1.12. The molecule has 0 spiro atoms. The minimum absolute atomic E-state index is 0.0429. The summed E-state index contributed by atoms with van der Waals surface area (Å²) in [6.45, 7) is 3.08. The molecule has 1 saturated heterocycles. The lowest BCUT2D eigenvalue weighted by Crippen LogP contribution is -2.40. The molecule has 1 aliphatic rings. The topological polar surface area (TPSA) is 57.6 Å². The first kappa shape index (κ1) is 13.8. The number of thiophene rings is 1. The minimum atomic E-state index is -0.747. The Bertz CT molecular complexity index is 478. The van der Waals surface area contributed by atoms with Gasteiger partial charge in [-0.05, 0) is 53.3 Å². The fourth-order valence-corrected chi connectivity index (χ4v) is 3.93. The van der Waals surface area contributed by atoms with Crippen LogP contribution in [0.3, 0.4) is 0 Å². The van der Waals surface area contributed by atoms with Gasteiger partial charge in [-0.25, -0.2) is 0 Å². The number of aliphatic carboxylic acids is 1. The third-order valence-corrected chi connectivity index (χ3v) is 6.07. The van der Waals surface area contributed by atoms with Crippen LogP contribution < -0.4 is 0 Å². The Labute approximate surface area is 123 Å². The van der Waals surface area contributed by atoms with Crippen molar-refractivity contribution >= 4 is 45.8 Å². The third-order valence-electron chi connectivity index (χ3n) is 3.22. The van der Waals surface area contributed by atoms with E-state index in [0.29, 0.717) is 25.9 Å². The zero-order valence-electron chi connectivity index (χ0n) is 9.98. The van der Waals surface area contributed by atoms with Crippen LogP contribution in [-0.4, -0.2) is 35.0 Å². The van der Waals surface area contributed by atoms with Crippen molar-refractivity contribution in [3.8, 4) is 0 Å². The summed E-state index contributed by atoms with van der Waals surface area (Å²) >= 11 is 3.66. The highest BCUT2D eigenvalue weighted by Gasteiger charge is 2.28. The molecule has 1 aliphatic heterocycles. The van der Waals surface area contributed by atoms with Crippen molar-refractivity contribution in [3.05, 3.63) is 19.4 Å². The van der Waals surface area contributed by atoms with Crippen LogP contribution in [0.2, 0.25) is 0 Å². The van der Waals surface area contributed by atoms with Crippen LogP contribution in [0.1, 0.15) is 28.1 Å². The Morgan fingerprint density at radius 3 is 2.50 bits per heavy atom. The van der Waals surface area contributed by atoms with Crippen LogP contribution in [0.5, 0.6) is 0 Å². The molecule has 1 N–H and O–H groups in total. The second kappa shape index (κ2) is 5.56. The molecular formula is C12H14INO3S. The van der Waals surface area contributed by atoms with Gasteiger partial charge in [-0.1, -0.05) is 0 Å². The maximum absolute atomic E-state index is 12.3. The number of carboxylic acids is 1. The number of halogens is 1. The van der Waals surface area contributed by atoms with E-state index in [-0.39, 0.29) is 11.8 Å². The van der Waals surface area contributed by atoms with E-state index in [1.807, 2.05) is 12.3 Å². The normalized spacial score (nSPS) is 16.9. The molecule has 0 atom stereocenters. The molecule has 0 saturated carbocycles. The molecular weight excluding hydrogens is 365 g/mol. The van der Waals surface area contributed by atoms with Crippen molar-refractivity contribution in [1.82, 2.24) is 4.90 Å². The lowest BCUT2D eigenvalue weighted by molar-refractivity contribution is -0.143. The Morgan fingerprint density at radius 1 is 1.44 bits per heavy atom. The van der Waals surface area contributed by atoms with E-state index in [1.165, 1.54) is 11.3 Å². The van der Waals surface area contributed by atoms with Crippen LogP contribution in [0, 0.1) is 16.4 Å². The van der Waals surface area contributed by atoms with Gasteiger partial charge in [-0.3, -0.25) is 9.59 Å². The zero-order chi connectivity index (χ0) is 13.3. The molecule has 4 nitrogen and oxygen atoms in total. The van der Waals surface area contributed by atoms with Gasteiger partial charge < -0.3 is 10.0 Å². The van der Waals surface area contributed by atoms with Crippen molar-refractivity contribution in [3.63, 3.8) is 0 Å². The van der Waals surface area contributed by atoms with Gasteiger partial charge in [0.25, 0.3) is 5.91 Å². The number of aryl methyl sites for hydroxylation is 1. The molecule has 0 bridgehead atoms. The molecule has 18 heavy (non-hydrogen) atoms. The van der Waals surface area contributed by atoms with Gasteiger partial charge >= 0.3 is 5.97 Å². The molecule has 2 rings (SSSR count). The van der Waals surface area contributed by atoms with Crippen molar-refractivity contribution in [1.29, 1.82) is 0 Å². The number of hydrogen-bond acceptors (Lipinski definition) is 3. The fraction of sp³-hybridized carbons (Fsp3) is 0.500. The van der Waals surface area contributed by atoms with Crippen molar-refractivity contribution in [2.24, 2.45) is 5.92 Å². The van der Waals surface area contributed by atoms with Gasteiger partial charge in [0.2, 0.25) is 0 Å². The highest BCUT2D eigenvalue weighted by molar-refractivity contribution is 14.1. The van der Waals surface area contributed by atoms with Crippen LogP contribution in [0.4, 0.5) is 0 Å². The van der Waals surface area contributed by atoms with Gasteiger partial charge in [0, 0.05) is 16.7 Å². The largest absolute Gasteiger partial charge is 0.481 e. The molecule has 2 heterocycles. The van der Waals surface area contributed by atoms with Crippen LogP contribution in [0.25, 0.3) is 0 Å². The van der Waals surface area contributed by atoms with Crippen molar-refractivity contribution in [2.45, 2.75) is 19.8 Å². The number of amides is 1. The van der Waals surface area contributed by atoms with E-state index in [0.717, 1.165) is 14.0 Å². The summed E-state index contributed by atoms with van der Waals surface area (Å²) in [5.74, 6) is -0.997. The molecule has 0 unspecified atom stereocenters. The standard InChI is InChI=1S/C12H14INO3S/c1-7-6-18-10(9(7)13)11(15)14-4-2-8(3-5-14)12(16)17/h6,8H,2-5H2,1H3,(H,16,17). The number of carbonyl (C=O) groups is 2. The summed E-state index contributed by atoms with van der Waals surface area (Å²) < 4.78 is 1.02. The first-order chi connectivity index (χ1) is 8.50. The van der Waals surface area contributed by atoms with E-state index in [2.05, 4.69) is 22.6 Å². The first-order valence-corrected chi connectivity index (χ1v) is 7.72. The number of rotatable bonds is 2. The highest BCUT2D eigenvalue weighted by atomic mass is 127. The van der Waals surface area contributed by atoms with Gasteiger partial charge in [0.15, 0.2) is 0 Å². The fourth-order valence-electron chi connectivity index (χ4n) is 2.05. The SMILES string of the molecule is Cc1csc(C(=O)N2CCC(C(=O)O)CC2)c1I. The zero-order valence-corrected chi connectivity index (χ0v) is 13.0. The maximum atomic E-state index is 12.3. The summed E-state index contributed by atoms with van der Waals surface area (Å²) in [7, 11) is 0. The van der Waals surface area contributed by atoms with E-state index < -0.39 is 5.97 Å². The number of piperidine rings is 1. The number of carboxylic acid groups (broad SMARTS) is 1. The molecule has 1 aromatic rings. The van der Waals surface area contributed by atoms with E-state index in [1.54, 1.807) is 4.90 Å². The smallest absolute Gasteiger partial charge is 0.306 e. The second-order valence-electron chi connectivity index (χ2n) is 4.47. The average Bonchev–Trinajstić information content (AvgIpc) is 2.69. The van der Waals surface area contributed by atoms with Gasteiger partial charge in [-0.15, -0.1) is 11.3 Å². The van der Waals surface area contributed by atoms with Crippen LogP contribution >= 0.6 is 33.9 Å². The first-order valence-electron chi connectivity index (χ1n) is 5.76. The molecule has 1 aromatic heterocycles. The van der Waals surface area contributed by atoms with Crippen molar-refractivity contribution < 1.29 is 14.7 Å². The predicted octanol–water partition coefficient (Wildman–Crippen LogP) is 2.60. The quantitative estimate of drug-likeness (QED) is 0.804. The Hall–Kier alpha value is -0.630. The number of carbonyl (C=O) groups excluding carboxylic acids is 1. The lowest BCUT2D eigenvalue weighted by atomic mass is 9.97. The third kappa shape index (κ3) is 2.69. The predicted molar refractivity (Wildman–Crippen MR) is 78.0 cm³/mol. The Morgan fingerprint density at radius 2 is 2.06 bits per heavy atom. The van der Waals surface area contributed by atoms with Gasteiger partial charge in [0.1, 0.15) is 4.88 Å². The molecule has 98 valence electrons. The molecule has 0 radical (unpaired) electrons. The molecule has 0 aromatic carbocycles. The average molecular weight is 379 g/mol.